The van der Waals surface area contributed by atoms with Crippen molar-refractivity contribution < 1.29 is 14.7 Å². The van der Waals surface area contributed by atoms with Crippen molar-refractivity contribution in [3.05, 3.63) is 34.9 Å². The third kappa shape index (κ3) is 6.30. The molecule has 1 aromatic carbocycles. The summed E-state index contributed by atoms with van der Waals surface area (Å²) >= 11 is 5.94. The monoisotopic (exact) mass is 367 g/mol. The Hall–Kier alpha value is -1.63. The highest BCUT2D eigenvalue weighted by Crippen LogP contribution is 2.14. The zero-order valence-electron chi connectivity index (χ0n) is 14.7. The summed E-state index contributed by atoms with van der Waals surface area (Å²) in [6.07, 6.45) is 0.925. The highest BCUT2D eigenvalue weighted by molar-refractivity contribution is 6.30. The van der Waals surface area contributed by atoms with Gasteiger partial charge in [0.2, 0.25) is 11.8 Å². The molecule has 1 aliphatic heterocycles. The Morgan fingerprint density at radius 1 is 1.40 bits per heavy atom. The van der Waals surface area contributed by atoms with Crippen LogP contribution in [0.2, 0.25) is 5.02 Å². The molecule has 7 heteroatoms. The molecule has 0 aromatic heterocycles. The van der Waals surface area contributed by atoms with E-state index in [-0.39, 0.29) is 17.9 Å². The zero-order valence-corrected chi connectivity index (χ0v) is 15.5. The van der Waals surface area contributed by atoms with E-state index in [9.17, 15) is 14.7 Å². The number of β-amino-alcohol motifs (C(OH)–C–C–N with tert-alkyl or cyclic N) is 1. The number of piperidine rings is 1. The third-order valence-electron chi connectivity index (χ3n) is 4.40. The molecule has 1 heterocycles. The number of amides is 2. The van der Waals surface area contributed by atoms with Gasteiger partial charge < -0.3 is 15.3 Å². The molecule has 6 nitrogen and oxygen atoms in total. The first-order valence-electron chi connectivity index (χ1n) is 8.49. The molecule has 0 radical (unpaired) electrons. The molecule has 2 amide bonds. The smallest absolute Gasteiger partial charge is 0.236 e. The average Bonchev–Trinajstić information content (AvgIpc) is 2.55. The predicted octanol–water partition coefficient (Wildman–Crippen LogP) is 0.912. The largest absolute Gasteiger partial charge is 0.390 e. The summed E-state index contributed by atoms with van der Waals surface area (Å²) in [6, 6.07) is 7.19. The summed E-state index contributed by atoms with van der Waals surface area (Å²) in [6.45, 7) is 1.36. The van der Waals surface area contributed by atoms with Gasteiger partial charge in [-0.1, -0.05) is 23.7 Å². The van der Waals surface area contributed by atoms with Crippen molar-refractivity contribution in [3.8, 4) is 0 Å². The van der Waals surface area contributed by atoms with Crippen molar-refractivity contribution in [3.63, 3.8) is 0 Å². The molecule has 1 aromatic rings. The van der Waals surface area contributed by atoms with E-state index in [1.54, 1.807) is 20.2 Å². The lowest BCUT2D eigenvalue weighted by Crippen LogP contribution is -2.55. The highest BCUT2D eigenvalue weighted by Gasteiger charge is 2.29. The summed E-state index contributed by atoms with van der Waals surface area (Å²) in [4.78, 5) is 27.3. The molecule has 0 saturated carbocycles. The predicted molar refractivity (Wildman–Crippen MR) is 97.5 cm³/mol. The molecule has 2 N–H and O–H groups in total. The number of halogens is 1. The molecule has 0 unspecified atom stereocenters. The lowest BCUT2D eigenvalue weighted by Gasteiger charge is -2.36. The van der Waals surface area contributed by atoms with Gasteiger partial charge in [0, 0.05) is 38.6 Å². The summed E-state index contributed by atoms with van der Waals surface area (Å²) in [5.74, 6) is -0.0712. The van der Waals surface area contributed by atoms with E-state index in [4.69, 9.17) is 11.6 Å². The van der Waals surface area contributed by atoms with Crippen LogP contribution in [-0.4, -0.2) is 72.6 Å². The maximum Gasteiger partial charge on any atom is 0.236 e. The molecule has 2 rings (SSSR count). The van der Waals surface area contributed by atoms with E-state index in [1.807, 2.05) is 23.1 Å². The molecular weight excluding hydrogens is 342 g/mol. The maximum atomic E-state index is 12.1. The first-order chi connectivity index (χ1) is 11.8. The van der Waals surface area contributed by atoms with Gasteiger partial charge in [0.05, 0.1) is 18.7 Å². The van der Waals surface area contributed by atoms with Crippen LogP contribution in [0.1, 0.15) is 18.4 Å². The van der Waals surface area contributed by atoms with Gasteiger partial charge in [0.25, 0.3) is 0 Å². The average molecular weight is 368 g/mol. The van der Waals surface area contributed by atoms with Crippen LogP contribution in [0, 0.1) is 0 Å². The number of likely N-dealkylation sites (tertiary alicyclic amines) is 1. The molecule has 0 spiro atoms. The topological polar surface area (TPSA) is 72.9 Å². The Morgan fingerprint density at radius 3 is 2.80 bits per heavy atom. The number of benzene rings is 1. The first kappa shape index (κ1) is 19.7. The van der Waals surface area contributed by atoms with Crippen LogP contribution in [0.25, 0.3) is 0 Å². The van der Waals surface area contributed by atoms with Crippen LogP contribution in [0.4, 0.5) is 0 Å². The minimum Gasteiger partial charge on any atom is -0.390 e. The summed E-state index contributed by atoms with van der Waals surface area (Å²) < 4.78 is 0. The second-order valence-corrected chi connectivity index (χ2v) is 7.12. The van der Waals surface area contributed by atoms with Crippen molar-refractivity contribution in [2.75, 3.05) is 33.7 Å². The number of nitrogens with one attached hydrogen (secondary N) is 1. The standard InChI is InChI=1S/C18H26ClN3O3/c1-21(2)18(25)12-22-9-8-15(16(23)11-22)20-17(24)7-6-13-4-3-5-14(19)10-13/h3-5,10,15-16,23H,6-9,11-12H2,1-2H3,(H,20,24)/t15-,16-/m1/s1. The van der Waals surface area contributed by atoms with Gasteiger partial charge in [-0.15, -0.1) is 0 Å². The second kappa shape index (κ2) is 9.17. The molecule has 25 heavy (non-hydrogen) atoms. The highest BCUT2D eigenvalue weighted by atomic mass is 35.5. The Labute approximate surface area is 153 Å². The van der Waals surface area contributed by atoms with Crippen molar-refractivity contribution in [2.24, 2.45) is 0 Å². The fraction of sp³-hybridized carbons (Fsp3) is 0.556. The molecule has 1 fully saturated rings. The summed E-state index contributed by atoms with van der Waals surface area (Å²) in [5, 5.41) is 13.8. The van der Waals surface area contributed by atoms with Gasteiger partial charge in [0.1, 0.15) is 0 Å². The number of rotatable bonds is 6. The van der Waals surface area contributed by atoms with E-state index in [2.05, 4.69) is 5.32 Å². The van der Waals surface area contributed by atoms with Gasteiger partial charge in [0.15, 0.2) is 0 Å². The number of hydrogen-bond donors (Lipinski definition) is 2. The van der Waals surface area contributed by atoms with E-state index in [0.29, 0.717) is 43.9 Å². The van der Waals surface area contributed by atoms with E-state index in [1.165, 1.54) is 4.90 Å². The van der Waals surface area contributed by atoms with Crippen molar-refractivity contribution in [1.82, 2.24) is 15.1 Å². The van der Waals surface area contributed by atoms with Crippen LogP contribution in [0.3, 0.4) is 0 Å². The third-order valence-corrected chi connectivity index (χ3v) is 4.63. The number of carbonyl (C=O) groups excluding carboxylic acids is 2. The Balaban J connectivity index is 1.75. The molecule has 0 aliphatic carbocycles. The van der Waals surface area contributed by atoms with Crippen molar-refractivity contribution >= 4 is 23.4 Å². The maximum absolute atomic E-state index is 12.1. The lowest BCUT2D eigenvalue weighted by molar-refractivity contribution is -0.131. The van der Waals surface area contributed by atoms with Crippen LogP contribution in [0.5, 0.6) is 0 Å². The van der Waals surface area contributed by atoms with Gasteiger partial charge in [-0.05, 0) is 30.5 Å². The summed E-state index contributed by atoms with van der Waals surface area (Å²) in [7, 11) is 3.43. The van der Waals surface area contributed by atoms with Gasteiger partial charge in [-0.3, -0.25) is 14.5 Å². The Kier molecular flexibility index (Phi) is 7.23. The number of carbonyl (C=O) groups is 2. The normalized spacial score (nSPS) is 21.0. The Morgan fingerprint density at radius 2 is 2.16 bits per heavy atom. The van der Waals surface area contributed by atoms with Crippen molar-refractivity contribution in [1.29, 1.82) is 0 Å². The number of nitrogens with zero attached hydrogens (tertiary/aromatic N) is 2. The van der Waals surface area contributed by atoms with Crippen molar-refractivity contribution in [2.45, 2.75) is 31.4 Å². The lowest BCUT2D eigenvalue weighted by atomic mass is 10.0. The number of aryl methyl sites for hydroxylation is 1. The SMILES string of the molecule is CN(C)C(=O)CN1CC[C@@H](NC(=O)CCc2cccc(Cl)c2)[C@H](O)C1. The molecule has 0 bridgehead atoms. The molecule has 2 atom stereocenters. The number of aliphatic hydroxyl groups excluding tert-OH is 1. The quantitative estimate of drug-likeness (QED) is 0.784. The number of likely N-dealkylation sites (N-methyl/N-ethyl adjacent to an activating group) is 1. The fourth-order valence-corrected chi connectivity index (χ4v) is 3.08. The van der Waals surface area contributed by atoms with E-state index < -0.39 is 6.10 Å². The van der Waals surface area contributed by atoms with E-state index >= 15 is 0 Å². The fourth-order valence-electron chi connectivity index (χ4n) is 2.87. The van der Waals surface area contributed by atoms with Crippen LogP contribution in [-0.2, 0) is 16.0 Å². The molecular formula is C18H26ClN3O3. The van der Waals surface area contributed by atoms with Gasteiger partial charge >= 0.3 is 0 Å². The number of aliphatic hydroxyl groups is 1. The molecule has 1 saturated heterocycles. The minimum absolute atomic E-state index is 0.0104. The van der Waals surface area contributed by atoms with Gasteiger partial charge in [-0.25, -0.2) is 0 Å². The van der Waals surface area contributed by atoms with Crippen LogP contribution >= 0.6 is 11.6 Å². The van der Waals surface area contributed by atoms with Gasteiger partial charge in [-0.2, -0.15) is 0 Å². The molecule has 138 valence electrons. The minimum atomic E-state index is -0.668. The molecule has 1 aliphatic rings. The summed E-state index contributed by atoms with van der Waals surface area (Å²) in [5.41, 5.74) is 1.01. The zero-order chi connectivity index (χ0) is 18.4. The first-order valence-corrected chi connectivity index (χ1v) is 8.87. The number of hydrogen-bond acceptors (Lipinski definition) is 4. The van der Waals surface area contributed by atoms with Crippen LogP contribution in [0.15, 0.2) is 24.3 Å². The Bertz CT molecular complexity index is 609. The van der Waals surface area contributed by atoms with E-state index in [0.717, 1.165) is 5.56 Å². The van der Waals surface area contributed by atoms with Crippen LogP contribution < -0.4 is 5.32 Å². The second-order valence-electron chi connectivity index (χ2n) is 6.68.